The molecule has 4 heteroatoms. The molecule has 0 amide bonds. The number of aromatic nitrogens is 1. The molecule has 0 radical (unpaired) electrons. The van der Waals surface area contributed by atoms with E-state index >= 15 is 0 Å². The Morgan fingerprint density at radius 1 is 1.10 bits per heavy atom. The average molecular weight is 309 g/mol. The Bertz CT molecular complexity index is 580. The molecule has 0 saturated carbocycles. The molecule has 0 unspecified atom stereocenters. The number of hydrogen-bond donors (Lipinski definition) is 0. The van der Waals surface area contributed by atoms with Crippen LogP contribution in [0.2, 0.25) is 0 Å². The smallest absolute Gasteiger partial charge is 0.357 e. The molecule has 0 spiro atoms. The van der Waals surface area contributed by atoms with Crippen LogP contribution in [0.5, 0.6) is 0 Å². The number of hydrogen-bond acceptors (Lipinski definition) is 4. The molecule has 2 aromatic heterocycles. The standard InChI is InChI=1S/C9H9NO2S.C8H18/c1-3-6-10-7-5(2)4-13-8(7)9(11)12-6;1-3-5-7-8-6-4-2/h4H,3H2,1-2H3;3-8H2,1-2H3. The maximum absolute atomic E-state index is 11.4. The van der Waals surface area contributed by atoms with Gasteiger partial charge >= 0.3 is 5.63 Å². The van der Waals surface area contributed by atoms with Crippen molar-refractivity contribution in [2.45, 2.75) is 72.6 Å². The summed E-state index contributed by atoms with van der Waals surface area (Å²) in [5, 5.41) is 1.92. The number of aryl methyl sites for hydroxylation is 2. The van der Waals surface area contributed by atoms with Gasteiger partial charge in [-0.15, -0.1) is 11.3 Å². The summed E-state index contributed by atoms with van der Waals surface area (Å²) in [5.74, 6) is 0.513. The molecule has 0 aliphatic heterocycles. The zero-order valence-electron chi connectivity index (χ0n) is 13.7. The maximum atomic E-state index is 11.4. The van der Waals surface area contributed by atoms with Gasteiger partial charge in [0.2, 0.25) is 0 Å². The van der Waals surface area contributed by atoms with Crippen molar-refractivity contribution >= 4 is 21.6 Å². The molecule has 0 N–H and O–H groups in total. The van der Waals surface area contributed by atoms with Crippen molar-refractivity contribution in [1.29, 1.82) is 0 Å². The van der Waals surface area contributed by atoms with Crippen LogP contribution in [0.3, 0.4) is 0 Å². The first-order chi connectivity index (χ1) is 10.1. The maximum Gasteiger partial charge on any atom is 0.357 e. The lowest BCUT2D eigenvalue weighted by molar-refractivity contribution is 0.451. The first-order valence-electron chi connectivity index (χ1n) is 8.01. The van der Waals surface area contributed by atoms with E-state index < -0.39 is 0 Å². The Morgan fingerprint density at radius 3 is 2.24 bits per heavy atom. The van der Waals surface area contributed by atoms with Crippen LogP contribution in [0.1, 0.15) is 70.8 Å². The van der Waals surface area contributed by atoms with Gasteiger partial charge in [0.15, 0.2) is 5.89 Å². The van der Waals surface area contributed by atoms with Gasteiger partial charge in [-0.25, -0.2) is 9.78 Å². The average Bonchev–Trinajstić information content (AvgIpc) is 2.86. The van der Waals surface area contributed by atoms with E-state index in [1.54, 1.807) is 0 Å². The minimum atomic E-state index is -0.264. The summed E-state index contributed by atoms with van der Waals surface area (Å²) in [6, 6.07) is 0. The fourth-order valence-electron chi connectivity index (χ4n) is 2.03. The molecule has 0 atom stereocenters. The predicted molar refractivity (Wildman–Crippen MR) is 91.3 cm³/mol. The summed E-state index contributed by atoms with van der Waals surface area (Å²) >= 11 is 1.39. The van der Waals surface area contributed by atoms with Gasteiger partial charge in [0, 0.05) is 6.42 Å². The van der Waals surface area contributed by atoms with Crippen molar-refractivity contribution in [2.24, 2.45) is 0 Å². The van der Waals surface area contributed by atoms with Crippen LogP contribution < -0.4 is 5.63 Å². The first-order valence-corrected chi connectivity index (χ1v) is 8.89. The van der Waals surface area contributed by atoms with Crippen molar-refractivity contribution < 1.29 is 4.42 Å². The fourth-order valence-corrected chi connectivity index (χ4v) is 2.89. The molecule has 0 saturated heterocycles. The SMILES string of the molecule is CCCCCCCC.CCc1nc2c(C)csc2c(=O)o1. The minimum Gasteiger partial charge on any atom is -0.407 e. The molecule has 2 aromatic rings. The fraction of sp³-hybridized carbons (Fsp3) is 0.647. The van der Waals surface area contributed by atoms with Crippen LogP contribution in [-0.4, -0.2) is 4.98 Å². The van der Waals surface area contributed by atoms with Crippen molar-refractivity contribution in [2.75, 3.05) is 0 Å². The zero-order valence-corrected chi connectivity index (χ0v) is 14.5. The highest BCUT2D eigenvalue weighted by molar-refractivity contribution is 7.17. The van der Waals surface area contributed by atoms with E-state index in [2.05, 4.69) is 18.8 Å². The molecule has 21 heavy (non-hydrogen) atoms. The first kappa shape index (κ1) is 17.9. The Kier molecular flexibility index (Phi) is 8.28. The highest BCUT2D eigenvalue weighted by Gasteiger charge is 2.08. The second-order valence-electron chi connectivity index (χ2n) is 5.26. The molecule has 0 aromatic carbocycles. The summed E-state index contributed by atoms with van der Waals surface area (Å²) in [7, 11) is 0. The molecule has 0 aliphatic rings. The summed E-state index contributed by atoms with van der Waals surface area (Å²) in [5.41, 5.74) is 1.57. The number of fused-ring (bicyclic) bond motifs is 1. The summed E-state index contributed by atoms with van der Waals surface area (Å²) in [4.78, 5) is 15.6. The molecular formula is C17H27NO2S. The quantitative estimate of drug-likeness (QED) is 0.663. The van der Waals surface area contributed by atoms with E-state index in [0.29, 0.717) is 17.0 Å². The third kappa shape index (κ3) is 5.62. The molecular weight excluding hydrogens is 282 g/mol. The van der Waals surface area contributed by atoms with Crippen LogP contribution in [0.25, 0.3) is 10.2 Å². The van der Waals surface area contributed by atoms with Crippen molar-refractivity contribution in [3.63, 3.8) is 0 Å². The lowest BCUT2D eigenvalue weighted by Crippen LogP contribution is -2.02. The van der Waals surface area contributed by atoms with E-state index in [4.69, 9.17) is 4.42 Å². The van der Waals surface area contributed by atoms with Crippen LogP contribution >= 0.6 is 11.3 Å². The van der Waals surface area contributed by atoms with Crippen molar-refractivity contribution in [3.8, 4) is 0 Å². The van der Waals surface area contributed by atoms with E-state index in [-0.39, 0.29) is 5.63 Å². The summed E-state index contributed by atoms with van der Waals surface area (Å²) in [6.45, 7) is 8.38. The number of rotatable bonds is 6. The largest absolute Gasteiger partial charge is 0.407 e. The number of thiophene rings is 1. The third-order valence-electron chi connectivity index (χ3n) is 3.33. The van der Waals surface area contributed by atoms with E-state index in [1.165, 1.54) is 49.9 Å². The van der Waals surface area contributed by atoms with Gasteiger partial charge in [0.05, 0.1) is 5.52 Å². The second-order valence-corrected chi connectivity index (χ2v) is 6.14. The van der Waals surface area contributed by atoms with Crippen LogP contribution in [0.4, 0.5) is 0 Å². The molecule has 118 valence electrons. The van der Waals surface area contributed by atoms with Crippen LogP contribution in [-0.2, 0) is 6.42 Å². The van der Waals surface area contributed by atoms with Gasteiger partial charge in [0.25, 0.3) is 0 Å². The highest BCUT2D eigenvalue weighted by atomic mass is 32.1. The normalized spacial score (nSPS) is 10.5. The number of nitrogens with zero attached hydrogens (tertiary/aromatic N) is 1. The molecule has 0 aliphatic carbocycles. The van der Waals surface area contributed by atoms with Gasteiger partial charge in [-0.05, 0) is 17.9 Å². The minimum absolute atomic E-state index is 0.264. The molecule has 0 fully saturated rings. The lowest BCUT2D eigenvalue weighted by Gasteiger charge is -1.94. The molecule has 3 nitrogen and oxygen atoms in total. The monoisotopic (exact) mass is 309 g/mol. The molecule has 0 bridgehead atoms. The Labute approximate surface area is 131 Å². The van der Waals surface area contributed by atoms with Crippen LogP contribution in [0.15, 0.2) is 14.6 Å². The van der Waals surface area contributed by atoms with Gasteiger partial charge < -0.3 is 4.42 Å². The topological polar surface area (TPSA) is 43.1 Å². The van der Waals surface area contributed by atoms with Gasteiger partial charge in [-0.3, -0.25) is 0 Å². The highest BCUT2D eigenvalue weighted by Crippen LogP contribution is 2.20. The molecule has 2 heterocycles. The van der Waals surface area contributed by atoms with Crippen molar-refractivity contribution in [3.05, 3.63) is 27.3 Å². The summed E-state index contributed by atoms with van der Waals surface area (Å²) < 4.78 is 5.62. The van der Waals surface area contributed by atoms with E-state index in [0.717, 1.165) is 11.1 Å². The third-order valence-corrected chi connectivity index (χ3v) is 4.40. The second kappa shape index (κ2) is 9.72. The van der Waals surface area contributed by atoms with Gasteiger partial charge in [0.1, 0.15) is 4.70 Å². The van der Waals surface area contributed by atoms with E-state index in [9.17, 15) is 4.79 Å². The Morgan fingerprint density at radius 2 is 1.71 bits per heavy atom. The lowest BCUT2D eigenvalue weighted by atomic mass is 10.1. The Balaban J connectivity index is 0.000000240. The van der Waals surface area contributed by atoms with E-state index in [1.807, 2.05) is 19.2 Å². The van der Waals surface area contributed by atoms with Gasteiger partial charge in [-0.1, -0.05) is 59.3 Å². The zero-order chi connectivity index (χ0) is 15.7. The Hall–Kier alpha value is -1.16. The molecule has 2 rings (SSSR count). The van der Waals surface area contributed by atoms with Gasteiger partial charge in [-0.2, -0.15) is 0 Å². The van der Waals surface area contributed by atoms with Crippen LogP contribution in [0, 0.1) is 6.92 Å². The van der Waals surface area contributed by atoms with Crippen molar-refractivity contribution in [1.82, 2.24) is 4.98 Å². The number of unbranched alkanes of at least 4 members (excludes halogenated alkanes) is 5. The predicted octanol–water partition coefficient (Wildman–Crippen LogP) is 5.49. The summed E-state index contributed by atoms with van der Waals surface area (Å²) in [6.07, 6.45) is 9.14.